The molecule has 0 saturated heterocycles. The fourth-order valence-corrected chi connectivity index (χ4v) is 1.65. The van der Waals surface area contributed by atoms with E-state index in [9.17, 15) is 4.79 Å². The highest BCUT2D eigenvalue weighted by Crippen LogP contribution is 2.12. The number of anilines is 1. The molecule has 3 N–H and O–H groups in total. The Labute approximate surface area is 110 Å². The molecule has 0 fully saturated rings. The molecule has 0 radical (unpaired) electrons. The van der Waals surface area contributed by atoms with Gasteiger partial charge in [-0.3, -0.25) is 4.79 Å². The number of nitrogens with zero attached hydrogens (tertiary/aromatic N) is 3. The Morgan fingerprint density at radius 3 is 2.79 bits per heavy atom. The topological polar surface area (TPSA) is 95.6 Å². The zero-order valence-corrected chi connectivity index (χ0v) is 10.8. The maximum atomic E-state index is 12.0. The second kappa shape index (κ2) is 5.94. The van der Waals surface area contributed by atoms with Gasteiger partial charge < -0.3 is 15.6 Å². The zero-order chi connectivity index (χ0) is 13.7. The molecule has 0 aromatic carbocycles. The summed E-state index contributed by atoms with van der Waals surface area (Å²) in [5.74, 6) is 1.09. The number of amides is 1. The maximum absolute atomic E-state index is 12.0. The van der Waals surface area contributed by atoms with Crippen LogP contribution in [-0.2, 0) is 0 Å². The van der Waals surface area contributed by atoms with E-state index in [1.54, 1.807) is 31.6 Å². The number of nitrogens with one attached hydrogen (secondary N) is 3. The number of hydrogen-bond donors (Lipinski definition) is 3. The number of aromatic nitrogens is 4. The highest BCUT2D eigenvalue weighted by atomic mass is 16.2. The number of H-pyrrole nitrogens is 1. The molecule has 0 aliphatic heterocycles. The molecule has 2 rings (SSSR count). The van der Waals surface area contributed by atoms with Crippen LogP contribution in [0, 0.1) is 0 Å². The summed E-state index contributed by atoms with van der Waals surface area (Å²) in [5.41, 5.74) is 0.281. The SMILES string of the molecule is CCC(NC(=O)c1ccc(NC)nn1)c1ncc[nH]1. The lowest BCUT2D eigenvalue weighted by molar-refractivity contribution is 0.0928. The van der Waals surface area contributed by atoms with E-state index >= 15 is 0 Å². The Hall–Kier alpha value is -2.44. The summed E-state index contributed by atoms with van der Waals surface area (Å²) in [5, 5.41) is 13.4. The van der Waals surface area contributed by atoms with Gasteiger partial charge in [0.2, 0.25) is 0 Å². The highest BCUT2D eigenvalue weighted by Gasteiger charge is 2.16. The van der Waals surface area contributed by atoms with Crippen LogP contribution in [0.15, 0.2) is 24.5 Å². The smallest absolute Gasteiger partial charge is 0.272 e. The molecule has 7 nitrogen and oxygen atoms in total. The Kier molecular flexibility index (Phi) is 4.07. The summed E-state index contributed by atoms with van der Waals surface area (Å²) in [7, 11) is 1.74. The van der Waals surface area contributed by atoms with Gasteiger partial charge in [-0.1, -0.05) is 6.92 Å². The van der Waals surface area contributed by atoms with Gasteiger partial charge in [0.25, 0.3) is 5.91 Å². The van der Waals surface area contributed by atoms with Crippen molar-refractivity contribution in [2.24, 2.45) is 0 Å². The second-order valence-electron chi connectivity index (χ2n) is 3.96. The van der Waals surface area contributed by atoms with Gasteiger partial charge in [-0.25, -0.2) is 4.98 Å². The van der Waals surface area contributed by atoms with Crippen LogP contribution in [0.5, 0.6) is 0 Å². The first-order valence-electron chi connectivity index (χ1n) is 6.06. The van der Waals surface area contributed by atoms with Gasteiger partial charge in [-0.05, 0) is 18.6 Å². The summed E-state index contributed by atoms with van der Waals surface area (Å²) in [6, 6.07) is 3.17. The molecular weight excluding hydrogens is 244 g/mol. The minimum absolute atomic E-state index is 0.159. The van der Waals surface area contributed by atoms with E-state index in [1.807, 2.05) is 6.92 Å². The summed E-state index contributed by atoms with van der Waals surface area (Å²) < 4.78 is 0. The van der Waals surface area contributed by atoms with E-state index in [1.165, 1.54) is 0 Å². The van der Waals surface area contributed by atoms with Crippen LogP contribution in [0.25, 0.3) is 0 Å². The maximum Gasteiger partial charge on any atom is 0.272 e. The molecule has 0 aliphatic carbocycles. The van der Waals surface area contributed by atoms with Crippen LogP contribution < -0.4 is 10.6 Å². The molecule has 7 heteroatoms. The molecule has 0 saturated carbocycles. The molecule has 19 heavy (non-hydrogen) atoms. The number of carbonyl (C=O) groups is 1. The lowest BCUT2D eigenvalue weighted by atomic mass is 10.2. The van der Waals surface area contributed by atoms with Crippen LogP contribution in [-0.4, -0.2) is 33.1 Å². The monoisotopic (exact) mass is 260 g/mol. The summed E-state index contributed by atoms with van der Waals surface area (Å²) >= 11 is 0. The van der Waals surface area contributed by atoms with E-state index in [0.29, 0.717) is 5.82 Å². The van der Waals surface area contributed by atoms with Crippen molar-refractivity contribution in [1.29, 1.82) is 0 Å². The first kappa shape index (κ1) is 13.0. The van der Waals surface area contributed by atoms with Crippen molar-refractivity contribution >= 4 is 11.7 Å². The predicted octanol–water partition coefficient (Wildman–Crippen LogP) is 1.12. The molecule has 100 valence electrons. The first-order valence-corrected chi connectivity index (χ1v) is 6.06. The fourth-order valence-electron chi connectivity index (χ4n) is 1.65. The lowest BCUT2D eigenvalue weighted by Crippen LogP contribution is -2.29. The largest absolute Gasteiger partial charge is 0.372 e. The lowest BCUT2D eigenvalue weighted by Gasteiger charge is -2.14. The summed E-state index contributed by atoms with van der Waals surface area (Å²) in [4.78, 5) is 19.2. The molecular formula is C12H16N6O. The van der Waals surface area contributed by atoms with Crippen molar-refractivity contribution in [3.05, 3.63) is 36.0 Å². The average molecular weight is 260 g/mol. The first-order chi connectivity index (χ1) is 9.24. The number of aromatic amines is 1. The van der Waals surface area contributed by atoms with Gasteiger partial charge in [-0.2, -0.15) is 0 Å². The molecule has 2 aromatic rings. The predicted molar refractivity (Wildman–Crippen MR) is 70.7 cm³/mol. The normalized spacial score (nSPS) is 11.9. The van der Waals surface area contributed by atoms with Crippen LogP contribution in [0.2, 0.25) is 0 Å². The fraction of sp³-hybridized carbons (Fsp3) is 0.333. The van der Waals surface area contributed by atoms with Crippen LogP contribution in [0.1, 0.15) is 35.7 Å². The van der Waals surface area contributed by atoms with Crippen molar-refractivity contribution < 1.29 is 4.79 Å². The molecule has 1 unspecified atom stereocenters. The second-order valence-corrected chi connectivity index (χ2v) is 3.96. The quantitative estimate of drug-likeness (QED) is 0.748. The van der Waals surface area contributed by atoms with E-state index in [-0.39, 0.29) is 17.6 Å². The van der Waals surface area contributed by atoms with Gasteiger partial charge in [0.15, 0.2) is 5.69 Å². The van der Waals surface area contributed by atoms with Crippen molar-refractivity contribution in [1.82, 2.24) is 25.5 Å². The van der Waals surface area contributed by atoms with E-state index < -0.39 is 0 Å². The molecule has 0 bridgehead atoms. The van der Waals surface area contributed by atoms with E-state index in [2.05, 4.69) is 30.8 Å². The highest BCUT2D eigenvalue weighted by molar-refractivity contribution is 5.92. The molecule has 2 aromatic heterocycles. The minimum atomic E-state index is -0.265. The third-order valence-corrected chi connectivity index (χ3v) is 2.72. The van der Waals surface area contributed by atoms with Crippen molar-refractivity contribution in [3.8, 4) is 0 Å². The van der Waals surface area contributed by atoms with Gasteiger partial charge in [0.1, 0.15) is 11.6 Å². The Morgan fingerprint density at radius 2 is 2.26 bits per heavy atom. The van der Waals surface area contributed by atoms with Gasteiger partial charge >= 0.3 is 0 Å². The zero-order valence-electron chi connectivity index (χ0n) is 10.8. The van der Waals surface area contributed by atoms with Crippen molar-refractivity contribution in [2.45, 2.75) is 19.4 Å². The number of rotatable bonds is 5. The summed E-state index contributed by atoms with van der Waals surface area (Å²) in [6.07, 6.45) is 4.12. The molecule has 1 atom stereocenters. The van der Waals surface area contributed by atoms with Crippen molar-refractivity contribution in [3.63, 3.8) is 0 Å². The van der Waals surface area contributed by atoms with Crippen molar-refractivity contribution in [2.75, 3.05) is 12.4 Å². The minimum Gasteiger partial charge on any atom is -0.372 e. The summed E-state index contributed by atoms with van der Waals surface area (Å²) in [6.45, 7) is 1.98. The number of imidazole rings is 1. The Balaban J connectivity index is 2.06. The van der Waals surface area contributed by atoms with Crippen LogP contribution >= 0.6 is 0 Å². The third-order valence-electron chi connectivity index (χ3n) is 2.72. The van der Waals surface area contributed by atoms with Gasteiger partial charge in [0.05, 0.1) is 6.04 Å². The molecule has 1 amide bonds. The van der Waals surface area contributed by atoms with Crippen LogP contribution in [0.3, 0.4) is 0 Å². The molecule has 2 heterocycles. The Morgan fingerprint density at radius 1 is 1.42 bits per heavy atom. The number of hydrogen-bond acceptors (Lipinski definition) is 5. The average Bonchev–Trinajstić information content (AvgIpc) is 2.98. The standard InChI is InChI=1S/C12H16N6O/c1-3-8(11-14-6-7-15-11)16-12(19)9-4-5-10(13-2)18-17-9/h4-8H,3H2,1-2H3,(H,13,18)(H,14,15)(H,16,19). The molecule has 0 spiro atoms. The van der Waals surface area contributed by atoms with E-state index in [0.717, 1.165) is 12.2 Å². The Bertz CT molecular complexity index is 522. The number of carbonyl (C=O) groups excluding carboxylic acids is 1. The van der Waals surface area contributed by atoms with E-state index in [4.69, 9.17) is 0 Å². The van der Waals surface area contributed by atoms with Crippen LogP contribution in [0.4, 0.5) is 5.82 Å². The molecule has 0 aliphatic rings. The van der Waals surface area contributed by atoms with Gasteiger partial charge in [0, 0.05) is 19.4 Å². The third kappa shape index (κ3) is 3.06. The van der Waals surface area contributed by atoms with Gasteiger partial charge in [-0.15, -0.1) is 10.2 Å².